The van der Waals surface area contributed by atoms with Crippen molar-refractivity contribution in [1.82, 2.24) is 10.2 Å². The molecule has 26 heavy (non-hydrogen) atoms. The SMILES string of the molecule is CN=C(NCc1oc2ccc(F)cc2c1C)N1CCC(C(=O)OC)CC1. The van der Waals surface area contributed by atoms with Crippen LogP contribution < -0.4 is 5.32 Å². The minimum absolute atomic E-state index is 0.0399. The molecule has 2 aromatic rings. The maximum absolute atomic E-state index is 13.4. The molecule has 1 aromatic carbocycles. The van der Waals surface area contributed by atoms with Gasteiger partial charge in [0.15, 0.2) is 5.96 Å². The number of carbonyl (C=O) groups excluding carboxylic acids is 1. The lowest BCUT2D eigenvalue weighted by molar-refractivity contribution is -0.146. The fraction of sp³-hybridized carbons (Fsp3) is 0.474. The van der Waals surface area contributed by atoms with Crippen LogP contribution in [0.15, 0.2) is 27.6 Å². The summed E-state index contributed by atoms with van der Waals surface area (Å²) in [5.41, 5.74) is 1.60. The van der Waals surface area contributed by atoms with E-state index in [0.29, 0.717) is 12.1 Å². The molecule has 1 aliphatic heterocycles. The fourth-order valence-corrected chi connectivity index (χ4v) is 3.40. The molecule has 1 aromatic heterocycles. The van der Waals surface area contributed by atoms with E-state index in [0.717, 1.165) is 48.6 Å². The molecule has 0 saturated carbocycles. The number of piperidine rings is 1. The lowest BCUT2D eigenvalue weighted by Crippen LogP contribution is -2.46. The number of fused-ring (bicyclic) bond motifs is 1. The highest BCUT2D eigenvalue weighted by atomic mass is 19.1. The highest BCUT2D eigenvalue weighted by Gasteiger charge is 2.27. The van der Waals surface area contributed by atoms with Crippen molar-refractivity contribution in [3.05, 3.63) is 35.3 Å². The monoisotopic (exact) mass is 361 g/mol. The number of benzene rings is 1. The largest absolute Gasteiger partial charge is 0.469 e. The van der Waals surface area contributed by atoms with Gasteiger partial charge in [-0.2, -0.15) is 0 Å². The molecule has 2 heterocycles. The number of nitrogens with one attached hydrogen (secondary N) is 1. The van der Waals surface area contributed by atoms with Crippen LogP contribution in [0.4, 0.5) is 4.39 Å². The van der Waals surface area contributed by atoms with E-state index >= 15 is 0 Å². The van der Waals surface area contributed by atoms with Gasteiger partial charge in [-0.1, -0.05) is 0 Å². The molecule has 0 aliphatic carbocycles. The smallest absolute Gasteiger partial charge is 0.308 e. The molecule has 1 saturated heterocycles. The van der Waals surface area contributed by atoms with Crippen molar-refractivity contribution in [1.29, 1.82) is 0 Å². The Morgan fingerprint density at radius 2 is 2.15 bits per heavy atom. The number of rotatable bonds is 3. The molecular formula is C19H24FN3O3. The number of aliphatic imine (C=N–C) groups is 1. The summed E-state index contributed by atoms with van der Waals surface area (Å²) in [6, 6.07) is 4.53. The van der Waals surface area contributed by atoms with E-state index < -0.39 is 0 Å². The van der Waals surface area contributed by atoms with E-state index in [4.69, 9.17) is 9.15 Å². The molecule has 1 fully saturated rings. The Balaban J connectivity index is 1.63. The summed E-state index contributed by atoms with van der Waals surface area (Å²) in [6.45, 7) is 3.87. The first-order valence-electron chi connectivity index (χ1n) is 8.74. The van der Waals surface area contributed by atoms with Crippen LogP contribution in [0.25, 0.3) is 11.0 Å². The Morgan fingerprint density at radius 1 is 1.42 bits per heavy atom. The summed E-state index contributed by atoms with van der Waals surface area (Å²) in [7, 11) is 3.16. The third-order valence-corrected chi connectivity index (χ3v) is 4.94. The Labute approximate surface area is 152 Å². The molecule has 0 spiro atoms. The van der Waals surface area contributed by atoms with E-state index in [-0.39, 0.29) is 17.7 Å². The van der Waals surface area contributed by atoms with E-state index in [1.54, 1.807) is 13.1 Å². The van der Waals surface area contributed by atoms with E-state index in [2.05, 4.69) is 15.2 Å². The Morgan fingerprint density at radius 3 is 2.81 bits per heavy atom. The molecule has 1 N–H and O–H groups in total. The summed E-state index contributed by atoms with van der Waals surface area (Å²) in [6.07, 6.45) is 1.49. The number of carbonyl (C=O) groups is 1. The van der Waals surface area contributed by atoms with Crippen molar-refractivity contribution in [2.75, 3.05) is 27.2 Å². The summed E-state index contributed by atoms with van der Waals surface area (Å²) in [5.74, 6) is 1.07. The van der Waals surface area contributed by atoms with Crippen LogP contribution in [0.1, 0.15) is 24.2 Å². The van der Waals surface area contributed by atoms with Gasteiger partial charge in [-0.15, -0.1) is 0 Å². The molecule has 0 unspecified atom stereocenters. The Hall–Kier alpha value is -2.57. The molecule has 0 atom stereocenters. The topological polar surface area (TPSA) is 67.1 Å². The fourth-order valence-electron chi connectivity index (χ4n) is 3.40. The zero-order chi connectivity index (χ0) is 18.7. The minimum atomic E-state index is -0.273. The van der Waals surface area contributed by atoms with Crippen molar-refractivity contribution >= 4 is 22.9 Å². The van der Waals surface area contributed by atoms with Gasteiger partial charge in [0.1, 0.15) is 17.2 Å². The molecule has 0 radical (unpaired) electrons. The number of nitrogens with zero attached hydrogens (tertiary/aromatic N) is 2. The van der Waals surface area contributed by atoms with Crippen LogP contribution in [0.3, 0.4) is 0 Å². The molecular weight excluding hydrogens is 337 g/mol. The lowest BCUT2D eigenvalue weighted by atomic mass is 9.97. The van der Waals surface area contributed by atoms with Crippen molar-refractivity contribution in [3.63, 3.8) is 0 Å². The number of aryl methyl sites for hydroxylation is 1. The van der Waals surface area contributed by atoms with Gasteiger partial charge in [0.2, 0.25) is 0 Å². The zero-order valence-electron chi connectivity index (χ0n) is 15.3. The van der Waals surface area contributed by atoms with Crippen molar-refractivity contribution in [2.24, 2.45) is 10.9 Å². The predicted molar refractivity (Wildman–Crippen MR) is 97.4 cm³/mol. The van der Waals surface area contributed by atoms with Crippen LogP contribution in [0.5, 0.6) is 0 Å². The van der Waals surface area contributed by atoms with E-state index in [9.17, 15) is 9.18 Å². The Kier molecular flexibility index (Phi) is 5.44. The normalized spacial score (nSPS) is 16.2. The van der Waals surface area contributed by atoms with E-state index in [1.165, 1.54) is 19.2 Å². The summed E-state index contributed by atoms with van der Waals surface area (Å²) in [5, 5.41) is 4.09. The number of halogens is 1. The van der Waals surface area contributed by atoms with Gasteiger partial charge in [-0.05, 0) is 38.0 Å². The Bertz CT molecular complexity index is 823. The predicted octanol–water partition coefficient (Wildman–Crippen LogP) is 2.84. The van der Waals surface area contributed by atoms with E-state index in [1.807, 2.05) is 6.92 Å². The molecule has 3 rings (SSSR count). The van der Waals surface area contributed by atoms with Gasteiger partial charge >= 0.3 is 5.97 Å². The standard InChI is InChI=1S/C19H24FN3O3/c1-12-15-10-14(20)4-5-16(15)26-17(12)11-22-19(21-2)23-8-6-13(7-9-23)18(24)25-3/h4-5,10,13H,6-9,11H2,1-3H3,(H,21,22). The molecule has 1 aliphatic rings. The second-order valence-corrected chi connectivity index (χ2v) is 6.48. The maximum atomic E-state index is 13.4. The number of hydrogen-bond acceptors (Lipinski definition) is 4. The number of likely N-dealkylation sites (tertiary alicyclic amines) is 1. The summed E-state index contributed by atoms with van der Waals surface area (Å²) >= 11 is 0. The second-order valence-electron chi connectivity index (χ2n) is 6.48. The number of methoxy groups -OCH3 is 1. The number of ether oxygens (including phenoxy) is 1. The average Bonchev–Trinajstić information content (AvgIpc) is 2.97. The van der Waals surface area contributed by atoms with Crippen LogP contribution >= 0.6 is 0 Å². The number of esters is 1. The summed E-state index contributed by atoms with van der Waals surface area (Å²) < 4.78 is 24.1. The third-order valence-electron chi connectivity index (χ3n) is 4.94. The van der Waals surface area contributed by atoms with Gasteiger partial charge in [0.25, 0.3) is 0 Å². The highest BCUT2D eigenvalue weighted by Crippen LogP contribution is 2.26. The van der Waals surface area contributed by atoms with Gasteiger partial charge in [-0.25, -0.2) is 4.39 Å². The molecule has 6 nitrogen and oxygen atoms in total. The second kappa shape index (κ2) is 7.76. The van der Waals surface area contributed by atoms with Crippen LogP contribution in [0, 0.1) is 18.7 Å². The first kappa shape index (κ1) is 18.2. The lowest BCUT2D eigenvalue weighted by Gasteiger charge is -2.33. The molecule has 0 amide bonds. The summed E-state index contributed by atoms with van der Waals surface area (Å²) in [4.78, 5) is 18.1. The molecule has 140 valence electrons. The average molecular weight is 361 g/mol. The first-order valence-corrected chi connectivity index (χ1v) is 8.74. The number of hydrogen-bond donors (Lipinski definition) is 1. The highest BCUT2D eigenvalue weighted by molar-refractivity contribution is 5.83. The van der Waals surface area contributed by atoms with Crippen molar-refractivity contribution in [2.45, 2.75) is 26.3 Å². The molecule has 7 heteroatoms. The van der Waals surface area contributed by atoms with Crippen molar-refractivity contribution < 1.29 is 18.3 Å². The minimum Gasteiger partial charge on any atom is -0.469 e. The van der Waals surface area contributed by atoms with Gasteiger partial charge < -0.3 is 19.4 Å². The zero-order valence-corrected chi connectivity index (χ0v) is 15.3. The maximum Gasteiger partial charge on any atom is 0.308 e. The van der Waals surface area contributed by atoms with Gasteiger partial charge in [-0.3, -0.25) is 9.79 Å². The molecule has 0 bridgehead atoms. The quantitative estimate of drug-likeness (QED) is 0.517. The van der Waals surface area contributed by atoms with Crippen molar-refractivity contribution in [3.8, 4) is 0 Å². The van der Waals surface area contributed by atoms with Crippen LogP contribution in [-0.2, 0) is 16.1 Å². The van der Waals surface area contributed by atoms with Crippen LogP contribution in [-0.4, -0.2) is 44.1 Å². The number of furan rings is 1. The first-order chi connectivity index (χ1) is 12.5. The van der Waals surface area contributed by atoms with Crippen LogP contribution in [0.2, 0.25) is 0 Å². The third kappa shape index (κ3) is 3.66. The van der Waals surface area contributed by atoms with Gasteiger partial charge in [0.05, 0.1) is 19.6 Å². The number of guanidine groups is 1. The van der Waals surface area contributed by atoms with Gasteiger partial charge in [0, 0.05) is 31.1 Å².